The molecule has 2 nitrogen and oxygen atoms in total. The Morgan fingerprint density at radius 3 is 2.00 bits per heavy atom. The SMILES string of the molecule is CC(C)CC(CC(C)C)N(CCCN)Cc1ccccc1. The second-order valence-electron chi connectivity index (χ2n) is 7.01. The van der Waals surface area contributed by atoms with Crippen molar-refractivity contribution in [3.8, 4) is 0 Å². The van der Waals surface area contributed by atoms with Crippen LogP contribution in [0.1, 0.15) is 52.5 Å². The number of nitrogens with two attached hydrogens (primary N) is 1. The van der Waals surface area contributed by atoms with Crippen molar-refractivity contribution in [2.75, 3.05) is 13.1 Å². The van der Waals surface area contributed by atoms with Gasteiger partial charge in [0.15, 0.2) is 0 Å². The van der Waals surface area contributed by atoms with Crippen molar-refractivity contribution in [2.24, 2.45) is 17.6 Å². The van der Waals surface area contributed by atoms with Gasteiger partial charge in [-0.15, -0.1) is 0 Å². The van der Waals surface area contributed by atoms with Crippen molar-refractivity contribution >= 4 is 0 Å². The molecular weight excluding hydrogens is 256 g/mol. The van der Waals surface area contributed by atoms with E-state index in [-0.39, 0.29) is 0 Å². The van der Waals surface area contributed by atoms with Crippen LogP contribution in [0.5, 0.6) is 0 Å². The molecular formula is C19H34N2. The third kappa shape index (κ3) is 7.63. The van der Waals surface area contributed by atoms with Crippen LogP contribution in [0.15, 0.2) is 30.3 Å². The number of benzene rings is 1. The van der Waals surface area contributed by atoms with Gasteiger partial charge in [0, 0.05) is 12.6 Å². The first kappa shape index (κ1) is 18.2. The highest BCUT2D eigenvalue weighted by molar-refractivity contribution is 5.14. The van der Waals surface area contributed by atoms with E-state index in [0.717, 1.165) is 37.9 Å². The van der Waals surface area contributed by atoms with E-state index in [1.807, 2.05) is 0 Å². The molecule has 0 heterocycles. The van der Waals surface area contributed by atoms with Crippen LogP contribution >= 0.6 is 0 Å². The number of hydrogen-bond acceptors (Lipinski definition) is 2. The van der Waals surface area contributed by atoms with Crippen LogP contribution in [0.2, 0.25) is 0 Å². The first-order valence-electron chi connectivity index (χ1n) is 8.51. The van der Waals surface area contributed by atoms with Crippen LogP contribution in [0, 0.1) is 11.8 Å². The quantitative estimate of drug-likeness (QED) is 0.696. The molecule has 0 aliphatic heterocycles. The topological polar surface area (TPSA) is 29.3 Å². The maximum Gasteiger partial charge on any atom is 0.0236 e. The van der Waals surface area contributed by atoms with Crippen molar-refractivity contribution in [3.63, 3.8) is 0 Å². The number of hydrogen-bond donors (Lipinski definition) is 1. The average molecular weight is 290 g/mol. The monoisotopic (exact) mass is 290 g/mol. The molecule has 1 aromatic carbocycles. The van der Waals surface area contributed by atoms with Gasteiger partial charge in [-0.3, -0.25) is 4.90 Å². The van der Waals surface area contributed by atoms with Crippen LogP contribution in [0.4, 0.5) is 0 Å². The molecule has 0 aromatic heterocycles. The van der Waals surface area contributed by atoms with Gasteiger partial charge in [0.1, 0.15) is 0 Å². The Bertz CT molecular complexity index is 349. The van der Waals surface area contributed by atoms with Gasteiger partial charge < -0.3 is 5.73 Å². The second kappa shape index (κ2) is 9.97. The average Bonchev–Trinajstić information content (AvgIpc) is 2.43. The lowest BCUT2D eigenvalue weighted by atomic mass is 9.93. The van der Waals surface area contributed by atoms with Crippen LogP contribution in [-0.4, -0.2) is 24.0 Å². The second-order valence-corrected chi connectivity index (χ2v) is 7.01. The molecule has 0 saturated carbocycles. The maximum atomic E-state index is 5.75. The van der Waals surface area contributed by atoms with Gasteiger partial charge in [0.05, 0.1) is 0 Å². The van der Waals surface area contributed by atoms with E-state index in [4.69, 9.17) is 5.73 Å². The minimum absolute atomic E-state index is 0.664. The Morgan fingerprint density at radius 1 is 0.952 bits per heavy atom. The van der Waals surface area contributed by atoms with Crippen molar-refractivity contribution in [1.82, 2.24) is 4.90 Å². The molecule has 0 bridgehead atoms. The van der Waals surface area contributed by atoms with Crippen LogP contribution < -0.4 is 5.73 Å². The zero-order valence-electron chi connectivity index (χ0n) is 14.4. The van der Waals surface area contributed by atoms with E-state index in [9.17, 15) is 0 Å². The largest absolute Gasteiger partial charge is 0.330 e. The predicted octanol–water partition coefficient (Wildman–Crippen LogP) is 4.30. The molecule has 0 fully saturated rings. The summed E-state index contributed by atoms with van der Waals surface area (Å²) in [5.74, 6) is 1.48. The van der Waals surface area contributed by atoms with Gasteiger partial charge in [-0.25, -0.2) is 0 Å². The molecule has 0 aliphatic carbocycles. The van der Waals surface area contributed by atoms with Crippen LogP contribution in [0.3, 0.4) is 0 Å². The summed E-state index contributed by atoms with van der Waals surface area (Å²) in [5, 5.41) is 0. The summed E-state index contributed by atoms with van der Waals surface area (Å²) < 4.78 is 0. The van der Waals surface area contributed by atoms with Crippen molar-refractivity contribution in [2.45, 2.75) is 59.5 Å². The molecule has 0 saturated heterocycles. The van der Waals surface area contributed by atoms with E-state index in [2.05, 4.69) is 62.9 Å². The maximum absolute atomic E-state index is 5.75. The summed E-state index contributed by atoms with van der Waals surface area (Å²) >= 11 is 0. The fourth-order valence-corrected chi connectivity index (χ4v) is 2.99. The summed E-state index contributed by atoms with van der Waals surface area (Å²) in [6, 6.07) is 11.5. The van der Waals surface area contributed by atoms with Crippen LogP contribution in [0.25, 0.3) is 0 Å². The molecule has 0 atom stereocenters. The molecule has 1 rings (SSSR count). The Kier molecular flexibility index (Phi) is 8.63. The number of rotatable bonds is 10. The smallest absolute Gasteiger partial charge is 0.0236 e. The Morgan fingerprint density at radius 2 is 1.52 bits per heavy atom. The van der Waals surface area contributed by atoms with E-state index in [1.165, 1.54) is 18.4 Å². The van der Waals surface area contributed by atoms with E-state index >= 15 is 0 Å². The first-order valence-corrected chi connectivity index (χ1v) is 8.51. The molecule has 0 unspecified atom stereocenters. The summed E-state index contributed by atoms with van der Waals surface area (Å²) in [5.41, 5.74) is 7.16. The molecule has 21 heavy (non-hydrogen) atoms. The molecule has 0 aliphatic rings. The van der Waals surface area contributed by atoms with Crippen molar-refractivity contribution < 1.29 is 0 Å². The lowest BCUT2D eigenvalue weighted by molar-refractivity contribution is 0.143. The third-order valence-corrected chi connectivity index (χ3v) is 3.88. The standard InChI is InChI=1S/C19H34N2/c1-16(2)13-19(14-17(3)4)21(12-8-11-20)15-18-9-6-5-7-10-18/h5-7,9-10,16-17,19H,8,11-15,20H2,1-4H3. The molecule has 2 N–H and O–H groups in total. The first-order chi connectivity index (χ1) is 10.0. The van der Waals surface area contributed by atoms with Gasteiger partial charge in [-0.05, 0) is 49.8 Å². The van der Waals surface area contributed by atoms with Gasteiger partial charge in [0.2, 0.25) is 0 Å². The summed E-state index contributed by atoms with van der Waals surface area (Å²) in [7, 11) is 0. The molecule has 120 valence electrons. The van der Waals surface area contributed by atoms with Gasteiger partial charge >= 0.3 is 0 Å². The minimum atomic E-state index is 0.664. The Balaban J connectivity index is 2.79. The molecule has 1 aromatic rings. The third-order valence-electron chi connectivity index (χ3n) is 3.88. The van der Waals surface area contributed by atoms with E-state index < -0.39 is 0 Å². The molecule has 0 amide bonds. The fourth-order valence-electron chi connectivity index (χ4n) is 2.99. The summed E-state index contributed by atoms with van der Waals surface area (Å²) in [6.45, 7) is 12.3. The predicted molar refractivity (Wildman–Crippen MR) is 93.2 cm³/mol. The highest BCUT2D eigenvalue weighted by atomic mass is 15.2. The summed E-state index contributed by atoms with van der Waals surface area (Å²) in [4.78, 5) is 2.65. The zero-order chi connectivity index (χ0) is 15.7. The normalized spacial score (nSPS) is 12.0. The molecule has 2 heteroatoms. The summed E-state index contributed by atoms with van der Waals surface area (Å²) in [6.07, 6.45) is 3.63. The van der Waals surface area contributed by atoms with Gasteiger partial charge in [0.25, 0.3) is 0 Å². The Labute approximate surface area is 131 Å². The lowest BCUT2D eigenvalue weighted by Crippen LogP contribution is -2.38. The highest BCUT2D eigenvalue weighted by Gasteiger charge is 2.20. The molecule has 0 spiro atoms. The number of nitrogens with zero attached hydrogens (tertiary/aromatic N) is 1. The van der Waals surface area contributed by atoms with Crippen molar-refractivity contribution in [1.29, 1.82) is 0 Å². The van der Waals surface area contributed by atoms with Crippen LogP contribution in [-0.2, 0) is 6.54 Å². The van der Waals surface area contributed by atoms with Gasteiger partial charge in [-0.1, -0.05) is 58.0 Å². The highest BCUT2D eigenvalue weighted by Crippen LogP contribution is 2.21. The lowest BCUT2D eigenvalue weighted by Gasteiger charge is -2.34. The van der Waals surface area contributed by atoms with Gasteiger partial charge in [-0.2, -0.15) is 0 Å². The fraction of sp³-hybridized carbons (Fsp3) is 0.684. The van der Waals surface area contributed by atoms with Crippen molar-refractivity contribution in [3.05, 3.63) is 35.9 Å². The zero-order valence-corrected chi connectivity index (χ0v) is 14.4. The minimum Gasteiger partial charge on any atom is -0.330 e. The van der Waals surface area contributed by atoms with E-state index in [1.54, 1.807) is 0 Å². The molecule has 0 radical (unpaired) electrons. The Hall–Kier alpha value is -0.860. The van der Waals surface area contributed by atoms with E-state index in [0.29, 0.717) is 6.04 Å².